The Morgan fingerprint density at radius 3 is 2.40 bits per heavy atom. The number of halogens is 2. The standard InChI is InChI=1S/C14H18Cl2N2O2/c15-11-7-9(8-12(16)13(11)17)14(20)18(5-2-6-19)10-3-1-4-10/h7-8,10,19H,1-6,17H2. The van der Waals surface area contributed by atoms with E-state index in [0.717, 1.165) is 19.3 Å². The van der Waals surface area contributed by atoms with Crippen LogP contribution in [0, 0.1) is 0 Å². The Balaban J connectivity index is 2.22. The Labute approximate surface area is 128 Å². The van der Waals surface area contributed by atoms with Crippen LogP contribution in [0.4, 0.5) is 5.69 Å². The predicted molar refractivity (Wildman–Crippen MR) is 81.3 cm³/mol. The number of rotatable bonds is 5. The molecular formula is C14H18Cl2N2O2. The van der Waals surface area contributed by atoms with E-state index in [2.05, 4.69) is 0 Å². The third-order valence-corrected chi connectivity index (χ3v) is 4.28. The number of benzene rings is 1. The summed E-state index contributed by atoms with van der Waals surface area (Å²) in [6.07, 6.45) is 3.72. The van der Waals surface area contributed by atoms with Gasteiger partial charge < -0.3 is 15.7 Å². The van der Waals surface area contributed by atoms with Crippen LogP contribution < -0.4 is 5.73 Å². The molecule has 0 radical (unpaired) electrons. The first-order valence-electron chi connectivity index (χ1n) is 6.71. The van der Waals surface area contributed by atoms with Crippen molar-refractivity contribution in [2.45, 2.75) is 31.7 Å². The molecular weight excluding hydrogens is 299 g/mol. The molecule has 6 heteroatoms. The summed E-state index contributed by atoms with van der Waals surface area (Å²) in [4.78, 5) is 14.4. The van der Waals surface area contributed by atoms with Gasteiger partial charge in [0.25, 0.3) is 5.91 Å². The van der Waals surface area contributed by atoms with Crippen molar-refractivity contribution in [3.63, 3.8) is 0 Å². The SMILES string of the molecule is Nc1c(Cl)cc(C(=O)N(CCCO)C2CCC2)cc1Cl. The van der Waals surface area contributed by atoms with Gasteiger partial charge in [-0.25, -0.2) is 0 Å². The summed E-state index contributed by atoms with van der Waals surface area (Å²) in [6, 6.07) is 3.36. The predicted octanol–water partition coefficient (Wildman–Crippen LogP) is 2.95. The Bertz CT molecular complexity index is 481. The molecule has 1 aliphatic carbocycles. The van der Waals surface area contributed by atoms with Gasteiger partial charge in [0.2, 0.25) is 0 Å². The van der Waals surface area contributed by atoms with Gasteiger partial charge in [0.1, 0.15) is 0 Å². The minimum absolute atomic E-state index is 0.0692. The largest absolute Gasteiger partial charge is 0.396 e. The van der Waals surface area contributed by atoms with Crippen LogP contribution in [-0.4, -0.2) is 35.1 Å². The highest BCUT2D eigenvalue weighted by Gasteiger charge is 2.29. The van der Waals surface area contributed by atoms with Crippen LogP contribution in [0.2, 0.25) is 10.0 Å². The maximum atomic E-state index is 12.6. The van der Waals surface area contributed by atoms with E-state index in [4.69, 9.17) is 34.0 Å². The minimum atomic E-state index is -0.105. The number of carbonyl (C=O) groups excluding carboxylic acids is 1. The van der Waals surface area contributed by atoms with Gasteiger partial charge in [0.15, 0.2) is 0 Å². The highest BCUT2D eigenvalue weighted by molar-refractivity contribution is 6.39. The van der Waals surface area contributed by atoms with Crippen LogP contribution in [0.15, 0.2) is 12.1 Å². The fourth-order valence-corrected chi connectivity index (χ4v) is 2.75. The molecule has 2 rings (SSSR count). The number of hydrogen-bond acceptors (Lipinski definition) is 3. The lowest BCUT2D eigenvalue weighted by Crippen LogP contribution is -2.45. The Morgan fingerprint density at radius 1 is 1.35 bits per heavy atom. The molecule has 1 saturated carbocycles. The number of nitrogen functional groups attached to an aromatic ring is 1. The lowest BCUT2D eigenvalue weighted by Gasteiger charge is -2.37. The zero-order valence-electron chi connectivity index (χ0n) is 11.1. The average Bonchev–Trinajstić information content (AvgIpc) is 2.37. The van der Waals surface area contributed by atoms with E-state index in [0.29, 0.717) is 18.5 Å². The normalized spacial score (nSPS) is 14.9. The summed E-state index contributed by atoms with van der Waals surface area (Å²) < 4.78 is 0. The maximum Gasteiger partial charge on any atom is 0.254 e. The monoisotopic (exact) mass is 316 g/mol. The van der Waals surface area contributed by atoms with E-state index in [1.807, 2.05) is 0 Å². The summed E-state index contributed by atoms with van der Waals surface area (Å²) in [6.45, 7) is 0.610. The molecule has 1 fully saturated rings. The lowest BCUT2D eigenvalue weighted by atomic mass is 9.90. The van der Waals surface area contributed by atoms with E-state index < -0.39 is 0 Å². The van der Waals surface area contributed by atoms with Gasteiger partial charge in [-0.2, -0.15) is 0 Å². The molecule has 20 heavy (non-hydrogen) atoms. The zero-order chi connectivity index (χ0) is 14.7. The van der Waals surface area contributed by atoms with Gasteiger partial charge in [-0.15, -0.1) is 0 Å². The van der Waals surface area contributed by atoms with Crippen LogP contribution in [0.3, 0.4) is 0 Å². The molecule has 3 N–H and O–H groups in total. The topological polar surface area (TPSA) is 66.6 Å². The molecule has 0 spiro atoms. The summed E-state index contributed by atoms with van der Waals surface area (Å²) >= 11 is 12.0. The average molecular weight is 317 g/mol. The van der Waals surface area contributed by atoms with Gasteiger partial charge >= 0.3 is 0 Å². The van der Waals surface area contributed by atoms with Crippen molar-refractivity contribution >= 4 is 34.8 Å². The van der Waals surface area contributed by atoms with Crippen LogP contribution in [-0.2, 0) is 0 Å². The highest BCUT2D eigenvalue weighted by Crippen LogP contribution is 2.31. The molecule has 1 amide bonds. The molecule has 0 bridgehead atoms. The first kappa shape index (κ1) is 15.4. The molecule has 110 valence electrons. The molecule has 0 unspecified atom stereocenters. The molecule has 0 saturated heterocycles. The molecule has 0 heterocycles. The highest BCUT2D eigenvalue weighted by atomic mass is 35.5. The van der Waals surface area contributed by atoms with Crippen molar-refractivity contribution in [3.8, 4) is 0 Å². The maximum absolute atomic E-state index is 12.6. The van der Waals surface area contributed by atoms with Crippen molar-refractivity contribution in [3.05, 3.63) is 27.7 Å². The first-order valence-corrected chi connectivity index (χ1v) is 7.46. The van der Waals surface area contributed by atoms with E-state index in [1.54, 1.807) is 17.0 Å². The third kappa shape index (κ3) is 3.19. The van der Waals surface area contributed by atoms with Gasteiger partial charge in [0.05, 0.1) is 15.7 Å². The van der Waals surface area contributed by atoms with E-state index in [-0.39, 0.29) is 34.3 Å². The van der Waals surface area contributed by atoms with E-state index >= 15 is 0 Å². The molecule has 4 nitrogen and oxygen atoms in total. The van der Waals surface area contributed by atoms with Crippen molar-refractivity contribution in [1.82, 2.24) is 4.90 Å². The first-order chi connectivity index (χ1) is 9.54. The minimum Gasteiger partial charge on any atom is -0.396 e. The van der Waals surface area contributed by atoms with Crippen LogP contribution in [0.5, 0.6) is 0 Å². The zero-order valence-corrected chi connectivity index (χ0v) is 12.6. The number of carbonyl (C=O) groups is 1. The van der Waals surface area contributed by atoms with E-state index in [9.17, 15) is 4.79 Å². The van der Waals surface area contributed by atoms with Crippen molar-refractivity contribution in [2.24, 2.45) is 0 Å². The van der Waals surface area contributed by atoms with E-state index in [1.165, 1.54) is 0 Å². The number of hydrogen-bond donors (Lipinski definition) is 2. The van der Waals surface area contributed by atoms with Crippen LogP contribution in [0.25, 0.3) is 0 Å². The molecule has 0 atom stereocenters. The summed E-state index contributed by atoms with van der Waals surface area (Å²) in [7, 11) is 0. The second-order valence-corrected chi connectivity index (χ2v) is 5.83. The summed E-state index contributed by atoms with van der Waals surface area (Å²) in [5.74, 6) is -0.105. The second-order valence-electron chi connectivity index (χ2n) is 5.01. The summed E-state index contributed by atoms with van der Waals surface area (Å²) in [5.41, 5.74) is 6.41. The smallest absolute Gasteiger partial charge is 0.254 e. The Hall–Kier alpha value is -0.970. The Morgan fingerprint density at radius 2 is 1.95 bits per heavy atom. The van der Waals surface area contributed by atoms with Crippen molar-refractivity contribution in [2.75, 3.05) is 18.9 Å². The van der Waals surface area contributed by atoms with Crippen molar-refractivity contribution in [1.29, 1.82) is 0 Å². The number of amides is 1. The molecule has 0 aliphatic heterocycles. The number of aliphatic hydroxyl groups is 1. The fraction of sp³-hybridized carbons (Fsp3) is 0.500. The molecule has 0 aromatic heterocycles. The number of nitrogens with two attached hydrogens (primary N) is 1. The molecule has 1 aliphatic rings. The Kier molecular flexibility index (Phi) is 5.13. The van der Waals surface area contributed by atoms with Gasteiger partial charge in [-0.3, -0.25) is 4.79 Å². The molecule has 1 aromatic rings. The number of nitrogens with zero attached hydrogens (tertiary/aromatic N) is 1. The number of anilines is 1. The third-order valence-electron chi connectivity index (χ3n) is 3.66. The lowest BCUT2D eigenvalue weighted by molar-refractivity contribution is 0.0562. The fourth-order valence-electron chi connectivity index (χ4n) is 2.26. The quantitative estimate of drug-likeness (QED) is 0.821. The van der Waals surface area contributed by atoms with Crippen LogP contribution >= 0.6 is 23.2 Å². The van der Waals surface area contributed by atoms with Crippen LogP contribution in [0.1, 0.15) is 36.0 Å². The summed E-state index contributed by atoms with van der Waals surface area (Å²) in [5, 5.41) is 9.54. The van der Waals surface area contributed by atoms with Gasteiger partial charge in [-0.1, -0.05) is 23.2 Å². The van der Waals surface area contributed by atoms with Crippen molar-refractivity contribution < 1.29 is 9.90 Å². The molecule has 1 aromatic carbocycles. The van der Waals surface area contributed by atoms with Gasteiger partial charge in [0, 0.05) is 24.8 Å². The van der Waals surface area contributed by atoms with Gasteiger partial charge in [-0.05, 0) is 37.8 Å². The number of aliphatic hydroxyl groups excluding tert-OH is 1. The second kappa shape index (κ2) is 6.66.